The molecule has 7 heteroatoms. The van der Waals surface area contributed by atoms with Gasteiger partial charge in [0, 0.05) is 37.8 Å². The smallest absolute Gasteiger partial charge is 0.254 e. The van der Waals surface area contributed by atoms with E-state index >= 15 is 0 Å². The number of Topliss-reactive ketones (excluding diaryl/α,β-unsaturated/α-hetero) is 1. The highest BCUT2D eigenvalue weighted by Crippen LogP contribution is 2.45. The Bertz CT molecular complexity index is 1090. The number of carbonyl (C=O) groups excluding carboxylic acids is 2. The second kappa shape index (κ2) is 8.10. The molecule has 3 aromatic rings. The van der Waals surface area contributed by atoms with E-state index in [1.54, 1.807) is 30.2 Å². The molecule has 1 aliphatic heterocycles. The zero-order valence-corrected chi connectivity index (χ0v) is 16.8. The molecule has 0 saturated carbocycles. The number of hydrogen-bond donors (Lipinski definition) is 1. The first-order chi connectivity index (χ1) is 14.5. The molecule has 0 unspecified atom stereocenters. The highest BCUT2D eigenvalue weighted by Gasteiger charge is 2.39. The quantitative estimate of drug-likeness (QED) is 0.638. The van der Waals surface area contributed by atoms with E-state index in [2.05, 4.69) is 10.4 Å². The Hall–Kier alpha value is -3.48. The molecule has 0 aliphatic carbocycles. The highest BCUT2D eigenvalue weighted by molar-refractivity contribution is 6.03. The van der Waals surface area contributed by atoms with E-state index in [1.807, 2.05) is 30.3 Å². The van der Waals surface area contributed by atoms with Gasteiger partial charge >= 0.3 is 0 Å². The number of rotatable bonds is 6. The lowest BCUT2D eigenvalue weighted by atomic mass is 9.86. The maximum atomic E-state index is 13.9. The van der Waals surface area contributed by atoms with E-state index in [4.69, 9.17) is 4.74 Å². The van der Waals surface area contributed by atoms with Gasteiger partial charge in [-0.1, -0.05) is 30.3 Å². The topological polar surface area (TPSA) is 73.2 Å². The average molecular weight is 407 g/mol. The summed E-state index contributed by atoms with van der Waals surface area (Å²) in [5.41, 5.74) is 2.93. The molecule has 6 nitrogen and oxygen atoms in total. The minimum Gasteiger partial charge on any atom is -0.486 e. The zero-order valence-electron chi connectivity index (χ0n) is 16.8. The molecule has 4 rings (SSSR count). The number of nitrogens with zero attached hydrogens (tertiary/aromatic N) is 2. The zero-order chi connectivity index (χ0) is 21.3. The second-order valence-corrected chi connectivity index (χ2v) is 7.34. The molecule has 0 bridgehead atoms. The van der Waals surface area contributed by atoms with Gasteiger partial charge in [0.2, 0.25) is 0 Å². The van der Waals surface area contributed by atoms with Gasteiger partial charge in [0.15, 0.2) is 5.78 Å². The largest absolute Gasteiger partial charge is 0.486 e. The molecule has 2 aromatic carbocycles. The number of alkyl halides is 1. The van der Waals surface area contributed by atoms with Crippen LogP contribution in [0.3, 0.4) is 0 Å². The molecule has 2 heterocycles. The van der Waals surface area contributed by atoms with Crippen LogP contribution in [0.1, 0.15) is 43.3 Å². The summed E-state index contributed by atoms with van der Waals surface area (Å²) < 4.78 is 21.4. The van der Waals surface area contributed by atoms with Crippen molar-refractivity contribution in [1.29, 1.82) is 0 Å². The van der Waals surface area contributed by atoms with Crippen LogP contribution < -0.4 is 10.1 Å². The van der Waals surface area contributed by atoms with Gasteiger partial charge in [0.05, 0.1) is 17.7 Å². The standard InChI is InChI=1S/C23H22FN3O3/c1-25-23(29)18-10-16(19(28)8-14-12-26-27(2)13-14)9-17-21(15-6-4-3-5-7-15)20(11-24)30-22(17)18/h3-7,9-10,12-13,20-21H,8,11H2,1-2H3,(H,25,29)/t20-,21+/m1/s1. The van der Waals surface area contributed by atoms with Crippen molar-refractivity contribution in [3.05, 3.63) is 82.7 Å². The van der Waals surface area contributed by atoms with Crippen LogP contribution in [0.25, 0.3) is 0 Å². The number of hydrogen-bond acceptors (Lipinski definition) is 4. The molecule has 2 atom stereocenters. The lowest BCUT2D eigenvalue weighted by molar-refractivity contribution is 0.0955. The van der Waals surface area contributed by atoms with Gasteiger partial charge in [-0.25, -0.2) is 4.39 Å². The minimum absolute atomic E-state index is 0.147. The van der Waals surface area contributed by atoms with E-state index in [0.717, 1.165) is 11.1 Å². The molecular formula is C23H22FN3O3. The number of ether oxygens (including phenoxy) is 1. The molecule has 1 aliphatic rings. The summed E-state index contributed by atoms with van der Waals surface area (Å²) in [5.74, 6) is -0.593. The molecule has 0 saturated heterocycles. The molecule has 30 heavy (non-hydrogen) atoms. The van der Waals surface area contributed by atoms with Crippen molar-refractivity contribution in [3.63, 3.8) is 0 Å². The van der Waals surface area contributed by atoms with Crippen LogP contribution in [0.2, 0.25) is 0 Å². The number of amides is 1. The SMILES string of the molecule is CNC(=O)c1cc(C(=O)Cc2cnn(C)c2)cc2c1O[C@H](CF)[C@H]2c1ccccc1. The molecule has 0 fully saturated rings. The first-order valence-corrected chi connectivity index (χ1v) is 9.70. The summed E-state index contributed by atoms with van der Waals surface area (Å²) >= 11 is 0. The average Bonchev–Trinajstić information content (AvgIpc) is 3.35. The van der Waals surface area contributed by atoms with Gasteiger partial charge in [-0.15, -0.1) is 0 Å². The Balaban J connectivity index is 1.81. The van der Waals surface area contributed by atoms with Crippen molar-refractivity contribution in [1.82, 2.24) is 15.1 Å². The van der Waals surface area contributed by atoms with Gasteiger partial charge in [-0.3, -0.25) is 14.3 Å². The third-order valence-electron chi connectivity index (χ3n) is 5.32. The summed E-state index contributed by atoms with van der Waals surface area (Å²) in [6, 6.07) is 12.7. The van der Waals surface area contributed by atoms with Crippen molar-refractivity contribution >= 4 is 11.7 Å². The molecule has 0 radical (unpaired) electrons. The van der Waals surface area contributed by atoms with Crippen molar-refractivity contribution in [2.45, 2.75) is 18.4 Å². The van der Waals surface area contributed by atoms with E-state index in [-0.39, 0.29) is 23.7 Å². The minimum atomic E-state index is -0.755. The maximum absolute atomic E-state index is 13.9. The van der Waals surface area contributed by atoms with Crippen LogP contribution in [0.15, 0.2) is 54.9 Å². The van der Waals surface area contributed by atoms with Crippen molar-refractivity contribution in [2.75, 3.05) is 13.7 Å². The predicted octanol–water partition coefficient (Wildman–Crippen LogP) is 3.07. The Morgan fingerprint density at radius 1 is 1.23 bits per heavy atom. The monoisotopic (exact) mass is 407 g/mol. The van der Waals surface area contributed by atoms with Crippen molar-refractivity contribution < 1.29 is 18.7 Å². The van der Waals surface area contributed by atoms with Crippen molar-refractivity contribution in [3.8, 4) is 5.75 Å². The normalized spacial score (nSPS) is 17.3. The number of benzene rings is 2. The summed E-state index contributed by atoms with van der Waals surface area (Å²) in [6.07, 6.45) is 2.82. The molecule has 0 spiro atoms. The van der Waals surface area contributed by atoms with Crippen LogP contribution >= 0.6 is 0 Å². The molecule has 1 aromatic heterocycles. The van der Waals surface area contributed by atoms with Crippen molar-refractivity contribution in [2.24, 2.45) is 7.05 Å². The Labute approximate surface area is 173 Å². The van der Waals surface area contributed by atoms with Gasteiger partial charge in [-0.2, -0.15) is 5.10 Å². The molecule has 1 N–H and O–H groups in total. The third-order valence-corrected chi connectivity index (χ3v) is 5.32. The fourth-order valence-electron chi connectivity index (χ4n) is 3.92. The fourth-order valence-corrected chi connectivity index (χ4v) is 3.92. The summed E-state index contributed by atoms with van der Waals surface area (Å²) in [7, 11) is 3.29. The summed E-state index contributed by atoms with van der Waals surface area (Å²) in [5, 5.41) is 6.67. The van der Waals surface area contributed by atoms with Crippen LogP contribution in [0.5, 0.6) is 5.75 Å². The number of ketones is 1. The summed E-state index contributed by atoms with van der Waals surface area (Å²) in [4.78, 5) is 25.5. The Morgan fingerprint density at radius 2 is 2.00 bits per heavy atom. The van der Waals surface area contributed by atoms with Crippen LogP contribution in [0.4, 0.5) is 4.39 Å². The highest BCUT2D eigenvalue weighted by atomic mass is 19.1. The van der Waals surface area contributed by atoms with Crippen LogP contribution in [-0.4, -0.2) is 41.3 Å². The lowest BCUT2D eigenvalue weighted by Gasteiger charge is -2.16. The van der Waals surface area contributed by atoms with Gasteiger partial charge in [0.25, 0.3) is 5.91 Å². The fraction of sp³-hybridized carbons (Fsp3) is 0.261. The van der Waals surface area contributed by atoms with E-state index in [1.165, 1.54) is 13.1 Å². The number of fused-ring (bicyclic) bond motifs is 1. The molecule has 154 valence electrons. The summed E-state index contributed by atoms with van der Waals surface area (Å²) in [6.45, 7) is -0.708. The van der Waals surface area contributed by atoms with Gasteiger partial charge in [0.1, 0.15) is 18.5 Å². The Morgan fingerprint density at radius 3 is 2.63 bits per heavy atom. The Kier molecular flexibility index (Phi) is 5.35. The second-order valence-electron chi connectivity index (χ2n) is 7.34. The predicted molar refractivity (Wildman–Crippen MR) is 110 cm³/mol. The van der Waals surface area contributed by atoms with Crippen LogP contribution in [-0.2, 0) is 13.5 Å². The first kappa shape index (κ1) is 19.8. The van der Waals surface area contributed by atoms with E-state index in [0.29, 0.717) is 16.9 Å². The van der Waals surface area contributed by atoms with Gasteiger partial charge in [-0.05, 0) is 23.3 Å². The lowest BCUT2D eigenvalue weighted by Crippen LogP contribution is -2.22. The molecule has 1 amide bonds. The third kappa shape index (κ3) is 3.58. The maximum Gasteiger partial charge on any atom is 0.254 e. The van der Waals surface area contributed by atoms with E-state index in [9.17, 15) is 14.0 Å². The number of carbonyl (C=O) groups is 2. The molecular weight excluding hydrogens is 385 g/mol. The number of aryl methyl sites for hydroxylation is 1. The van der Waals surface area contributed by atoms with Crippen LogP contribution in [0, 0.1) is 0 Å². The number of aromatic nitrogens is 2. The van der Waals surface area contributed by atoms with E-state index < -0.39 is 18.7 Å². The number of nitrogens with one attached hydrogen (secondary N) is 1. The van der Waals surface area contributed by atoms with Gasteiger partial charge < -0.3 is 10.1 Å². The first-order valence-electron chi connectivity index (χ1n) is 9.70. The number of halogens is 1.